The normalized spacial score (nSPS) is 17.4. The molecule has 18 heavy (non-hydrogen) atoms. The SMILES string of the molecule is CC(C)(C)c1ccc2c(c1)C(N)c1cccnc1-2. The highest BCUT2D eigenvalue weighted by Gasteiger charge is 2.28. The van der Waals surface area contributed by atoms with Crippen molar-refractivity contribution in [2.45, 2.75) is 32.2 Å². The lowest BCUT2D eigenvalue weighted by Gasteiger charge is -2.20. The molecule has 2 N–H and O–H groups in total. The Morgan fingerprint density at radius 3 is 2.61 bits per heavy atom. The maximum atomic E-state index is 6.33. The Balaban J connectivity index is 2.20. The van der Waals surface area contributed by atoms with Gasteiger partial charge in [-0.05, 0) is 28.2 Å². The van der Waals surface area contributed by atoms with Gasteiger partial charge in [-0.3, -0.25) is 4.98 Å². The molecule has 2 aromatic rings. The zero-order valence-electron chi connectivity index (χ0n) is 11.1. The fourth-order valence-electron chi connectivity index (χ4n) is 2.56. The summed E-state index contributed by atoms with van der Waals surface area (Å²) in [6.07, 6.45) is 1.83. The van der Waals surface area contributed by atoms with Crippen LogP contribution < -0.4 is 5.73 Å². The van der Waals surface area contributed by atoms with Gasteiger partial charge in [0.1, 0.15) is 0 Å². The lowest BCUT2D eigenvalue weighted by Crippen LogP contribution is -2.13. The first-order valence-electron chi connectivity index (χ1n) is 6.34. The number of rotatable bonds is 0. The number of hydrogen-bond acceptors (Lipinski definition) is 2. The molecule has 1 atom stereocenters. The maximum absolute atomic E-state index is 6.33. The Labute approximate surface area is 108 Å². The molecule has 0 bridgehead atoms. The summed E-state index contributed by atoms with van der Waals surface area (Å²) in [5.74, 6) is 0. The van der Waals surface area contributed by atoms with Crippen LogP contribution in [0.5, 0.6) is 0 Å². The van der Waals surface area contributed by atoms with Crippen molar-refractivity contribution >= 4 is 0 Å². The number of nitrogens with zero attached hydrogens (tertiary/aromatic N) is 1. The molecule has 0 amide bonds. The summed E-state index contributed by atoms with van der Waals surface area (Å²) < 4.78 is 0. The Morgan fingerprint density at radius 1 is 1.11 bits per heavy atom. The van der Waals surface area contributed by atoms with Crippen LogP contribution >= 0.6 is 0 Å². The molecule has 1 aromatic heterocycles. The lowest BCUT2D eigenvalue weighted by atomic mass is 9.85. The minimum Gasteiger partial charge on any atom is -0.320 e. The van der Waals surface area contributed by atoms with Crippen molar-refractivity contribution in [1.82, 2.24) is 4.98 Å². The van der Waals surface area contributed by atoms with Gasteiger partial charge in [0, 0.05) is 11.8 Å². The highest BCUT2D eigenvalue weighted by atomic mass is 14.7. The van der Waals surface area contributed by atoms with Crippen molar-refractivity contribution in [3.63, 3.8) is 0 Å². The van der Waals surface area contributed by atoms with Crippen LogP contribution in [0.2, 0.25) is 0 Å². The highest BCUT2D eigenvalue weighted by molar-refractivity contribution is 5.75. The van der Waals surface area contributed by atoms with E-state index in [1.807, 2.05) is 12.3 Å². The molecule has 1 heterocycles. The van der Waals surface area contributed by atoms with E-state index >= 15 is 0 Å². The van der Waals surface area contributed by atoms with Crippen LogP contribution in [-0.4, -0.2) is 4.98 Å². The van der Waals surface area contributed by atoms with Gasteiger partial charge < -0.3 is 5.73 Å². The van der Waals surface area contributed by atoms with E-state index in [9.17, 15) is 0 Å². The van der Waals surface area contributed by atoms with E-state index < -0.39 is 0 Å². The molecule has 0 fully saturated rings. The summed E-state index contributed by atoms with van der Waals surface area (Å²) in [5.41, 5.74) is 12.4. The quantitative estimate of drug-likeness (QED) is 0.764. The first kappa shape index (κ1) is 11.4. The first-order valence-corrected chi connectivity index (χ1v) is 6.34. The molecule has 3 rings (SSSR count). The molecule has 1 aliphatic rings. The number of aromatic nitrogens is 1. The van der Waals surface area contributed by atoms with Gasteiger partial charge in [-0.25, -0.2) is 0 Å². The number of fused-ring (bicyclic) bond motifs is 3. The van der Waals surface area contributed by atoms with E-state index in [4.69, 9.17) is 5.73 Å². The van der Waals surface area contributed by atoms with Crippen LogP contribution in [0.1, 0.15) is 43.5 Å². The summed E-state index contributed by atoms with van der Waals surface area (Å²) in [6.45, 7) is 6.67. The average Bonchev–Trinajstić information content (AvgIpc) is 2.63. The summed E-state index contributed by atoms with van der Waals surface area (Å²) in [5, 5.41) is 0. The number of pyridine rings is 1. The molecule has 1 aromatic carbocycles. The molecule has 1 unspecified atom stereocenters. The Hall–Kier alpha value is -1.67. The highest BCUT2D eigenvalue weighted by Crippen LogP contribution is 2.42. The third kappa shape index (κ3) is 1.57. The number of nitrogens with two attached hydrogens (primary N) is 1. The van der Waals surface area contributed by atoms with Crippen LogP contribution in [0.3, 0.4) is 0 Å². The van der Waals surface area contributed by atoms with Crippen molar-refractivity contribution in [3.8, 4) is 11.3 Å². The zero-order valence-corrected chi connectivity index (χ0v) is 11.1. The summed E-state index contributed by atoms with van der Waals surface area (Å²) in [4.78, 5) is 4.46. The summed E-state index contributed by atoms with van der Waals surface area (Å²) in [6, 6.07) is 10.6. The van der Waals surface area contributed by atoms with E-state index in [2.05, 4.69) is 50.0 Å². The second kappa shape index (κ2) is 3.66. The third-order valence-corrected chi connectivity index (χ3v) is 3.68. The van der Waals surface area contributed by atoms with Crippen LogP contribution in [0, 0.1) is 0 Å². The van der Waals surface area contributed by atoms with E-state index in [-0.39, 0.29) is 11.5 Å². The van der Waals surface area contributed by atoms with E-state index in [0.717, 1.165) is 11.3 Å². The topological polar surface area (TPSA) is 38.9 Å². The predicted octanol–water partition coefficient (Wildman–Crippen LogP) is 3.41. The Kier molecular flexibility index (Phi) is 2.32. The molecular formula is C16H18N2. The van der Waals surface area contributed by atoms with E-state index in [1.165, 1.54) is 16.7 Å². The van der Waals surface area contributed by atoms with Gasteiger partial charge in [-0.2, -0.15) is 0 Å². The van der Waals surface area contributed by atoms with Gasteiger partial charge in [0.15, 0.2) is 0 Å². The van der Waals surface area contributed by atoms with Crippen LogP contribution in [0.25, 0.3) is 11.3 Å². The van der Waals surface area contributed by atoms with Gasteiger partial charge in [-0.15, -0.1) is 0 Å². The van der Waals surface area contributed by atoms with Gasteiger partial charge in [0.25, 0.3) is 0 Å². The van der Waals surface area contributed by atoms with Crippen molar-refractivity contribution in [2.75, 3.05) is 0 Å². The first-order chi connectivity index (χ1) is 8.48. The predicted molar refractivity (Wildman–Crippen MR) is 74.4 cm³/mol. The fourth-order valence-corrected chi connectivity index (χ4v) is 2.56. The largest absolute Gasteiger partial charge is 0.320 e. The van der Waals surface area contributed by atoms with Crippen molar-refractivity contribution in [2.24, 2.45) is 5.73 Å². The molecule has 2 heteroatoms. The molecule has 0 aliphatic heterocycles. The minimum atomic E-state index is -0.0361. The molecule has 92 valence electrons. The monoisotopic (exact) mass is 238 g/mol. The maximum Gasteiger partial charge on any atom is 0.0756 e. The zero-order chi connectivity index (χ0) is 12.9. The molecule has 1 aliphatic carbocycles. The second-order valence-corrected chi connectivity index (χ2v) is 5.97. The molecule has 0 saturated heterocycles. The average molecular weight is 238 g/mol. The van der Waals surface area contributed by atoms with Crippen LogP contribution in [0.4, 0.5) is 0 Å². The second-order valence-electron chi connectivity index (χ2n) is 5.97. The van der Waals surface area contributed by atoms with Gasteiger partial charge >= 0.3 is 0 Å². The summed E-state index contributed by atoms with van der Waals surface area (Å²) in [7, 11) is 0. The molecular weight excluding hydrogens is 220 g/mol. The minimum absolute atomic E-state index is 0.0361. The van der Waals surface area contributed by atoms with E-state index in [1.54, 1.807) is 0 Å². The van der Waals surface area contributed by atoms with Crippen LogP contribution in [0.15, 0.2) is 36.5 Å². The summed E-state index contributed by atoms with van der Waals surface area (Å²) >= 11 is 0. The standard InChI is InChI=1S/C16H18N2/c1-16(2,3)10-6-7-11-13(9-10)14(17)12-5-4-8-18-15(11)12/h4-9,14H,17H2,1-3H3. The smallest absolute Gasteiger partial charge is 0.0756 e. The molecule has 0 saturated carbocycles. The van der Waals surface area contributed by atoms with Gasteiger partial charge in [0.2, 0.25) is 0 Å². The number of hydrogen-bond donors (Lipinski definition) is 1. The van der Waals surface area contributed by atoms with Crippen molar-refractivity contribution in [1.29, 1.82) is 0 Å². The van der Waals surface area contributed by atoms with E-state index in [0.29, 0.717) is 0 Å². The fraction of sp³-hybridized carbons (Fsp3) is 0.312. The lowest BCUT2D eigenvalue weighted by molar-refractivity contribution is 0.589. The van der Waals surface area contributed by atoms with Gasteiger partial charge in [-0.1, -0.05) is 45.0 Å². The third-order valence-electron chi connectivity index (χ3n) is 3.68. The van der Waals surface area contributed by atoms with Crippen molar-refractivity contribution < 1.29 is 0 Å². The Bertz CT molecular complexity index is 609. The van der Waals surface area contributed by atoms with Crippen molar-refractivity contribution in [3.05, 3.63) is 53.2 Å². The van der Waals surface area contributed by atoms with Crippen LogP contribution in [-0.2, 0) is 5.41 Å². The molecule has 0 radical (unpaired) electrons. The Morgan fingerprint density at radius 2 is 1.89 bits per heavy atom. The number of benzene rings is 1. The molecule has 2 nitrogen and oxygen atoms in total. The molecule has 0 spiro atoms. The van der Waals surface area contributed by atoms with Gasteiger partial charge in [0.05, 0.1) is 11.7 Å².